The minimum atomic E-state index is -0.399. The highest BCUT2D eigenvalue weighted by Gasteiger charge is 2.08. The van der Waals surface area contributed by atoms with Gasteiger partial charge in [-0.2, -0.15) is 0 Å². The zero-order valence-corrected chi connectivity index (χ0v) is 15.6. The molecule has 2 aromatic carbocycles. The van der Waals surface area contributed by atoms with Crippen LogP contribution in [0.1, 0.15) is 31.8 Å². The van der Waals surface area contributed by atoms with Gasteiger partial charge in [0.05, 0.1) is 12.7 Å². The number of ether oxygens (including phenoxy) is 1. The van der Waals surface area contributed by atoms with Crippen LogP contribution in [0.25, 0.3) is 6.08 Å². The maximum Gasteiger partial charge on any atom is 0.337 e. The van der Waals surface area contributed by atoms with E-state index in [2.05, 4.69) is 10.1 Å². The van der Waals surface area contributed by atoms with E-state index in [0.29, 0.717) is 17.7 Å². The predicted octanol–water partition coefficient (Wildman–Crippen LogP) is 2.50. The van der Waals surface area contributed by atoms with Crippen molar-refractivity contribution in [3.05, 3.63) is 76.9 Å². The third-order valence-electron chi connectivity index (χ3n) is 3.99. The van der Waals surface area contributed by atoms with Crippen molar-refractivity contribution < 1.29 is 19.1 Å². The lowest BCUT2D eigenvalue weighted by molar-refractivity contribution is -0.125. The Morgan fingerprint density at radius 3 is 2.15 bits per heavy atom. The van der Waals surface area contributed by atoms with E-state index >= 15 is 0 Å². The van der Waals surface area contributed by atoms with Gasteiger partial charge in [0.2, 0.25) is 5.91 Å². The van der Waals surface area contributed by atoms with Crippen molar-refractivity contribution >= 4 is 23.9 Å². The molecule has 2 rings (SSSR count). The number of rotatable bonds is 6. The summed E-state index contributed by atoms with van der Waals surface area (Å²) in [5, 5.41) is 2.57. The molecule has 0 saturated carbocycles. The fraction of sp³-hybridized carbons (Fsp3) is 0.190. The van der Waals surface area contributed by atoms with E-state index in [-0.39, 0.29) is 11.8 Å². The zero-order valence-electron chi connectivity index (χ0n) is 15.6. The molecule has 0 aromatic heterocycles. The summed E-state index contributed by atoms with van der Waals surface area (Å²) < 4.78 is 4.65. The third-order valence-corrected chi connectivity index (χ3v) is 3.99. The molecule has 1 N–H and O–H groups in total. The number of nitrogens with one attached hydrogen (secondary N) is 1. The highest BCUT2D eigenvalue weighted by Crippen LogP contribution is 2.10. The number of likely N-dealkylation sites (N-methyl/N-ethyl adjacent to an activating group) is 1. The molecule has 27 heavy (non-hydrogen) atoms. The van der Waals surface area contributed by atoms with Crippen molar-refractivity contribution in [3.8, 4) is 0 Å². The fourth-order valence-corrected chi connectivity index (χ4v) is 2.40. The SMILES string of the molecule is CNC(=O)c1ccc(CN(C)C(=O)/C=C/c2ccc(C(=O)OC)cc2)cc1. The molecule has 2 aromatic rings. The molecule has 6 heteroatoms. The molecule has 0 saturated heterocycles. The Hall–Kier alpha value is -3.41. The van der Waals surface area contributed by atoms with E-state index in [0.717, 1.165) is 11.1 Å². The fourth-order valence-electron chi connectivity index (χ4n) is 2.40. The Morgan fingerprint density at radius 1 is 1.00 bits per heavy atom. The topological polar surface area (TPSA) is 75.7 Å². The van der Waals surface area contributed by atoms with Crippen LogP contribution in [-0.2, 0) is 16.1 Å². The Labute approximate surface area is 158 Å². The Bertz CT molecular complexity index is 839. The summed E-state index contributed by atoms with van der Waals surface area (Å²) in [6, 6.07) is 13.9. The molecular formula is C21H22N2O4. The highest BCUT2D eigenvalue weighted by atomic mass is 16.5. The summed E-state index contributed by atoms with van der Waals surface area (Å²) >= 11 is 0. The van der Waals surface area contributed by atoms with Gasteiger partial charge in [0, 0.05) is 32.3 Å². The van der Waals surface area contributed by atoms with Crippen molar-refractivity contribution in [1.29, 1.82) is 0 Å². The lowest BCUT2D eigenvalue weighted by Gasteiger charge is -2.15. The molecule has 0 aliphatic heterocycles. The first-order chi connectivity index (χ1) is 12.9. The summed E-state index contributed by atoms with van der Waals surface area (Å²) in [5.74, 6) is -0.696. The average Bonchev–Trinajstić information content (AvgIpc) is 2.71. The van der Waals surface area contributed by atoms with E-state index in [1.807, 2.05) is 12.1 Å². The molecule has 0 radical (unpaired) electrons. The van der Waals surface area contributed by atoms with Crippen LogP contribution >= 0.6 is 0 Å². The van der Waals surface area contributed by atoms with Gasteiger partial charge in [0.25, 0.3) is 5.91 Å². The van der Waals surface area contributed by atoms with E-state index in [9.17, 15) is 14.4 Å². The van der Waals surface area contributed by atoms with Crippen LogP contribution in [0, 0.1) is 0 Å². The van der Waals surface area contributed by atoms with E-state index in [1.54, 1.807) is 61.5 Å². The quantitative estimate of drug-likeness (QED) is 0.630. The second-order valence-electron chi connectivity index (χ2n) is 5.92. The molecule has 0 spiro atoms. The number of nitrogens with zero attached hydrogens (tertiary/aromatic N) is 1. The number of amides is 2. The first-order valence-electron chi connectivity index (χ1n) is 8.37. The van der Waals surface area contributed by atoms with Crippen LogP contribution < -0.4 is 5.32 Å². The van der Waals surface area contributed by atoms with Crippen LogP contribution in [0.15, 0.2) is 54.6 Å². The summed E-state index contributed by atoms with van der Waals surface area (Å²) in [7, 11) is 4.62. The molecule has 2 amide bonds. The highest BCUT2D eigenvalue weighted by molar-refractivity contribution is 5.94. The van der Waals surface area contributed by atoms with Gasteiger partial charge < -0.3 is 15.0 Å². The van der Waals surface area contributed by atoms with Crippen molar-refractivity contribution in [1.82, 2.24) is 10.2 Å². The number of methoxy groups -OCH3 is 1. The molecule has 0 fully saturated rings. The monoisotopic (exact) mass is 366 g/mol. The lowest BCUT2D eigenvalue weighted by atomic mass is 10.1. The number of benzene rings is 2. The van der Waals surface area contributed by atoms with Crippen LogP contribution in [-0.4, -0.2) is 43.9 Å². The maximum absolute atomic E-state index is 12.3. The van der Waals surface area contributed by atoms with Gasteiger partial charge in [-0.15, -0.1) is 0 Å². The number of carbonyl (C=O) groups excluding carboxylic acids is 3. The minimum Gasteiger partial charge on any atom is -0.465 e. The van der Waals surface area contributed by atoms with Crippen LogP contribution in [0.4, 0.5) is 0 Å². The van der Waals surface area contributed by atoms with Crippen molar-refractivity contribution in [2.24, 2.45) is 0 Å². The first-order valence-corrected chi connectivity index (χ1v) is 8.37. The molecule has 140 valence electrons. The van der Waals surface area contributed by atoms with Gasteiger partial charge in [-0.1, -0.05) is 24.3 Å². The molecule has 0 aliphatic rings. The standard InChI is InChI=1S/C21H22N2O4/c1-22-20(25)17-9-6-16(7-10-17)14-23(2)19(24)13-8-15-4-11-18(12-5-15)21(26)27-3/h4-13H,14H2,1-3H3,(H,22,25)/b13-8+. The second kappa shape index (κ2) is 9.33. The smallest absolute Gasteiger partial charge is 0.337 e. The normalized spacial score (nSPS) is 10.5. The van der Waals surface area contributed by atoms with E-state index in [1.165, 1.54) is 13.2 Å². The summed E-state index contributed by atoms with van der Waals surface area (Å²) in [5.41, 5.74) is 2.76. The molecule has 0 unspecified atom stereocenters. The lowest BCUT2D eigenvalue weighted by Crippen LogP contribution is -2.24. The number of carbonyl (C=O) groups is 3. The number of esters is 1. The van der Waals surface area contributed by atoms with Crippen LogP contribution in [0.5, 0.6) is 0 Å². The average molecular weight is 366 g/mol. The predicted molar refractivity (Wildman–Crippen MR) is 103 cm³/mol. The van der Waals surface area contributed by atoms with Gasteiger partial charge in [-0.05, 0) is 41.5 Å². The Kier molecular flexibility index (Phi) is 6.88. The number of hydrogen-bond donors (Lipinski definition) is 1. The molecule has 0 atom stereocenters. The molecule has 0 aliphatic carbocycles. The largest absolute Gasteiger partial charge is 0.465 e. The molecular weight excluding hydrogens is 344 g/mol. The van der Waals surface area contributed by atoms with Gasteiger partial charge in [-0.3, -0.25) is 9.59 Å². The molecule has 0 heterocycles. The van der Waals surface area contributed by atoms with Crippen molar-refractivity contribution in [2.45, 2.75) is 6.54 Å². The molecule has 6 nitrogen and oxygen atoms in total. The third kappa shape index (κ3) is 5.54. The van der Waals surface area contributed by atoms with Gasteiger partial charge >= 0.3 is 5.97 Å². The van der Waals surface area contributed by atoms with Crippen LogP contribution in [0.3, 0.4) is 0 Å². The van der Waals surface area contributed by atoms with Gasteiger partial charge in [0.1, 0.15) is 0 Å². The maximum atomic E-state index is 12.3. The Balaban J connectivity index is 1.95. The number of hydrogen-bond acceptors (Lipinski definition) is 4. The second-order valence-corrected chi connectivity index (χ2v) is 5.92. The van der Waals surface area contributed by atoms with Crippen molar-refractivity contribution in [3.63, 3.8) is 0 Å². The van der Waals surface area contributed by atoms with Crippen LogP contribution in [0.2, 0.25) is 0 Å². The van der Waals surface area contributed by atoms with E-state index < -0.39 is 5.97 Å². The van der Waals surface area contributed by atoms with Gasteiger partial charge in [0.15, 0.2) is 0 Å². The zero-order chi connectivity index (χ0) is 19.8. The summed E-state index contributed by atoms with van der Waals surface area (Å²) in [6.07, 6.45) is 3.17. The van der Waals surface area contributed by atoms with Gasteiger partial charge in [-0.25, -0.2) is 4.79 Å². The summed E-state index contributed by atoms with van der Waals surface area (Å²) in [6.45, 7) is 0.429. The minimum absolute atomic E-state index is 0.146. The van der Waals surface area contributed by atoms with E-state index in [4.69, 9.17) is 0 Å². The Morgan fingerprint density at radius 2 is 1.59 bits per heavy atom. The first kappa shape index (κ1) is 19.9. The molecule has 0 bridgehead atoms. The summed E-state index contributed by atoms with van der Waals surface area (Å²) in [4.78, 5) is 36.8. The van der Waals surface area contributed by atoms with Crippen molar-refractivity contribution in [2.75, 3.05) is 21.2 Å².